The molecule has 2 N–H and O–H groups in total. The number of benzene rings is 2. The molecular formula is C17H17NO4. The number of likely N-dealkylation sites (tertiary alicyclic amines) is 1. The smallest absolute Gasteiger partial charge is 0.308 e. The zero-order valence-electron chi connectivity index (χ0n) is 12.2. The van der Waals surface area contributed by atoms with Crippen molar-refractivity contribution in [3.63, 3.8) is 0 Å². The van der Waals surface area contributed by atoms with Crippen LogP contribution in [0.2, 0.25) is 0 Å². The topological polar surface area (TPSA) is 77.8 Å². The Kier molecular flexibility index (Phi) is 3.48. The number of phenolic OH excluding ortho intramolecular Hbond substituents is 1. The summed E-state index contributed by atoms with van der Waals surface area (Å²) in [5, 5.41) is 21.0. The van der Waals surface area contributed by atoms with Crippen molar-refractivity contribution in [2.24, 2.45) is 11.8 Å². The predicted molar refractivity (Wildman–Crippen MR) is 81.8 cm³/mol. The molecule has 1 amide bonds. The fourth-order valence-corrected chi connectivity index (χ4v) is 3.05. The molecule has 0 saturated carbocycles. The van der Waals surface area contributed by atoms with Crippen molar-refractivity contribution in [3.05, 3.63) is 42.0 Å². The van der Waals surface area contributed by atoms with Crippen LogP contribution in [-0.2, 0) is 4.79 Å². The molecule has 1 aliphatic rings. The van der Waals surface area contributed by atoms with Crippen molar-refractivity contribution >= 4 is 22.6 Å². The molecule has 1 heterocycles. The molecule has 1 aliphatic heterocycles. The summed E-state index contributed by atoms with van der Waals surface area (Å²) in [6.45, 7) is 2.40. The van der Waals surface area contributed by atoms with E-state index in [4.69, 9.17) is 5.11 Å². The van der Waals surface area contributed by atoms with E-state index in [0.717, 1.165) is 5.39 Å². The second kappa shape index (κ2) is 5.33. The lowest BCUT2D eigenvalue weighted by molar-refractivity contribution is -0.142. The molecule has 5 nitrogen and oxygen atoms in total. The summed E-state index contributed by atoms with van der Waals surface area (Å²) in [7, 11) is 0. The Balaban J connectivity index is 1.93. The zero-order chi connectivity index (χ0) is 15.9. The molecule has 1 fully saturated rings. The van der Waals surface area contributed by atoms with Gasteiger partial charge in [0.2, 0.25) is 0 Å². The van der Waals surface area contributed by atoms with Gasteiger partial charge in [-0.1, -0.05) is 37.3 Å². The van der Waals surface area contributed by atoms with Gasteiger partial charge in [-0.05, 0) is 17.4 Å². The van der Waals surface area contributed by atoms with Gasteiger partial charge in [-0.3, -0.25) is 9.59 Å². The molecule has 0 unspecified atom stereocenters. The molecule has 0 spiro atoms. The monoisotopic (exact) mass is 299 g/mol. The molecule has 1 saturated heterocycles. The molecule has 0 bridgehead atoms. The zero-order valence-corrected chi connectivity index (χ0v) is 12.2. The van der Waals surface area contributed by atoms with Crippen molar-refractivity contribution in [3.8, 4) is 5.75 Å². The predicted octanol–water partition coefficient (Wildman–Crippen LogP) is 2.34. The highest BCUT2D eigenvalue weighted by molar-refractivity contribution is 6.03. The van der Waals surface area contributed by atoms with E-state index in [1.54, 1.807) is 24.3 Å². The van der Waals surface area contributed by atoms with Gasteiger partial charge in [-0.25, -0.2) is 0 Å². The van der Waals surface area contributed by atoms with Crippen molar-refractivity contribution in [2.75, 3.05) is 13.1 Å². The van der Waals surface area contributed by atoms with Crippen LogP contribution in [0.25, 0.3) is 10.8 Å². The average molecular weight is 299 g/mol. The fraction of sp³-hybridized carbons (Fsp3) is 0.294. The Bertz CT molecular complexity index is 755. The van der Waals surface area contributed by atoms with Crippen LogP contribution in [0.1, 0.15) is 17.3 Å². The van der Waals surface area contributed by atoms with Crippen molar-refractivity contribution in [1.29, 1.82) is 0 Å². The molecule has 0 aliphatic carbocycles. The van der Waals surface area contributed by atoms with E-state index in [0.29, 0.717) is 11.9 Å². The first kappa shape index (κ1) is 14.4. The summed E-state index contributed by atoms with van der Waals surface area (Å²) in [5.74, 6) is -1.89. The minimum absolute atomic E-state index is 0.0467. The molecule has 2 aromatic rings. The van der Waals surface area contributed by atoms with Crippen molar-refractivity contribution in [2.45, 2.75) is 6.92 Å². The van der Waals surface area contributed by atoms with Gasteiger partial charge in [-0.15, -0.1) is 0 Å². The van der Waals surface area contributed by atoms with E-state index in [1.807, 2.05) is 19.1 Å². The van der Waals surface area contributed by atoms with E-state index in [2.05, 4.69) is 0 Å². The summed E-state index contributed by atoms with van der Waals surface area (Å²) < 4.78 is 0. The number of rotatable bonds is 2. The number of carbonyl (C=O) groups excluding carboxylic acids is 1. The van der Waals surface area contributed by atoms with E-state index in [1.165, 1.54) is 4.90 Å². The molecule has 2 atom stereocenters. The van der Waals surface area contributed by atoms with Gasteiger partial charge in [0.25, 0.3) is 5.91 Å². The highest BCUT2D eigenvalue weighted by atomic mass is 16.4. The molecule has 22 heavy (non-hydrogen) atoms. The van der Waals surface area contributed by atoms with Crippen LogP contribution in [0.15, 0.2) is 36.4 Å². The highest BCUT2D eigenvalue weighted by Crippen LogP contribution is 2.31. The number of hydrogen-bond donors (Lipinski definition) is 2. The third-order valence-corrected chi connectivity index (χ3v) is 4.35. The number of fused-ring (bicyclic) bond motifs is 1. The lowest BCUT2D eigenvalue weighted by Gasteiger charge is -2.17. The summed E-state index contributed by atoms with van der Waals surface area (Å²) in [4.78, 5) is 25.3. The second-order valence-electron chi connectivity index (χ2n) is 5.82. The quantitative estimate of drug-likeness (QED) is 0.892. The van der Waals surface area contributed by atoms with E-state index < -0.39 is 11.9 Å². The lowest BCUT2D eigenvalue weighted by Crippen LogP contribution is -2.30. The number of aromatic hydroxyl groups is 1. The molecule has 3 rings (SSSR count). The molecular weight excluding hydrogens is 282 g/mol. The molecule has 0 radical (unpaired) electrons. The van der Waals surface area contributed by atoms with Gasteiger partial charge >= 0.3 is 5.97 Å². The Morgan fingerprint density at radius 3 is 2.55 bits per heavy atom. The standard InChI is InChI=1S/C17H17NO4/c1-10-8-18(9-14(10)17(21)22)16(20)13-7-6-11-4-2-3-5-12(11)15(13)19/h2-7,10,14,19H,8-9H2,1H3,(H,21,22)/t10-,14-/m1/s1. The van der Waals surface area contributed by atoms with Crippen LogP contribution >= 0.6 is 0 Å². The maximum Gasteiger partial charge on any atom is 0.308 e. The summed E-state index contributed by atoms with van der Waals surface area (Å²) in [6, 6.07) is 10.7. The lowest BCUT2D eigenvalue weighted by atomic mass is 9.99. The van der Waals surface area contributed by atoms with Crippen LogP contribution in [0.5, 0.6) is 5.75 Å². The number of amides is 1. The highest BCUT2D eigenvalue weighted by Gasteiger charge is 2.37. The Morgan fingerprint density at radius 1 is 1.14 bits per heavy atom. The largest absolute Gasteiger partial charge is 0.506 e. The minimum Gasteiger partial charge on any atom is -0.506 e. The van der Waals surface area contributed by atoms with Gasteiger partial charge in [-0.2, -0.15) is 0 Å². The number of carboxylic acids is 1. The van der Waals surface area contributed by atoms with Crippen LogP contribution in [0.3, 0.4) is 0 Å². The average Bonchev–Trinajstić information content (AvgIpc) is 2.89. The normalized spacial score (nSPS) is 21.2. The summed E-state index contributed by atoms with van der Waals surface area (Å²) >= 11 is 0. The maximum absolute atomic E-state index is 12.6. The first-order valence-corrected chi connectivity index (χ1v) is 7.22. The molecule has 114 valence electrons. The molecule has 0 aromatic heterocycles. The van der Waals surface area contributed by atoms with Gasteiger partial charge < -0.3 is 15.1 Å². The maximum atomic E-state index is 12.6. The molecule has 2 aromatic carbocycles. The number of aliphatic carboxylic acids is 1. The van der Waals surface area contributed by atoms with Crippen LogP contribution < -0.4 is 0 Å². The van der Waals surface area contributed by atoms with E-state index in [9.17, 15) is 14.7 Å². The van der Waals surface area contributed by atoms with Crippen LogP contribution in [-0.4, -0.2) is 40.1 Å². The summed E-state index contributed by atoms with van der Waals surface area (Å²) in [6.07, 6.45) is 0. The second-order valence-corrected chi connectivity index (χ2v) is 5.82. The number of phenols is 1. The van der Waals surface area contributed by atoms with Crippen molar-refractivity contribution < 1.29 is 19.8 Å². The minimum atomic E-state index is -0.884. The SMILES string of the molecule is C[C@@H]1CN(C(=O)c2ccc3ccccc3c2O)C[C@H]1C(=O)O. The van der Waals surface area contributed by atoms with Gasteiger partial charge in [0, 0.05) is 18.5 Å². The third-order valence-electron chi connectivity index (χ3n) is 4.35. The van der Waals surface area contributed by atoms with E-state index in [-0.39, 0.29) is 29.7 Å². The number of hydrogen-bond acceptors (Lipinski definition) is 3. The number of carboxylic acid groups (broad SMARTS) is 1. The third kappa shape index (κ3) is 2.28. The molecule has 5 heteroatoms. The first-order chi connectivity index (χ1) is 10.5. The van der Waals surface area contributed by atoms with Gasteiger partial charge in [0.1, 0.15) is 5.75 Å². The van der Waals surface area contributed by atoms with Crippen LogP contribution in [0, 0.1) is 11.8 Å². The Morgan fingerprint density at radius 2 is 1.86 bits per heavy atom. The number of nitrogens with zero attached hydrogens (tertiary/aromatic N) is 1. The van der Waals surface area contributed by atoms with Crippen molar-refractivity contribution in [1.82, 2.24) is 4.90 Å². The van der Waals surface area contributed by atoms with Crippen LogP contribution in [0.4, 0.5) is 0 Å². The Labute approximate surface area is 127 Å². The van der Waals surface area contributed by atoms with E-state index >= 15 is 0 Å². The van der Waals surface area contributed by atoms with Gasteiger partial charge in [0.05, 0.1) is 11.5 Å². The number of carbonyl (C=O) groups is 2. The summed E-state index contributed by atoms with van der Waals surface area (Å²) in [5.41, 5.74) is 0.219. The first-order valence-electron chi connectivity index (χ1n) is 7.22. The fourth-order valence-electron chi connectivity index (χ4n) is 3.05. The van der Waals surface area contributed by atoms with Gasteiger partial charge in [0.15, 0.2) is 0 Å². The Hall–Kier alpha value is -2.56.